The molecule has 1 rings (SSSR count). The molecule has 5 nitrogen and oxygen atoms in total. The summed E-state index contributed by atoms with van der Waals surface area (Å²) in [5.74, 6) is -0.426. The Hall–Kier alpha value is -0.200. The van der Waals surface area contributed by atoms with Gasteiger partial charge in [0.25, 0.3) is 0 Å². The molecule has 0 aromatic rings. The van der Waals surface area contributed by atoms with E-state index in [0.29, 0.717) is 0 Å². The van der Waals surface area contributed by atoms with Crippen molar-refractivity contribution < 1.29 is 25.5 Å². The minimum atomic E-state index is -1.43. The molecule has 102 valence electrons. The van der Waals surface area contributed by atoms with Crippen LogP contribution in [0, 0.1) is 17.3 Å². The summed E-state index contributed by atoms with van der Waals surface area (Å²) in [5, 5.41) is 49.0. The van der Waals surface area contributed by atoms with Gasteiger partial charge < -0.3 is 25.5 Å². The molecule has 0 heterocycles. The summed E-state index contributed by atoms with van der Waals surface area (Å²) in [6, 6.07) is 0. The van der Waals surface area contributed by atoms with Crippen LogP contribution in [0.15, 0.2) is 0 Å². The van der Waals surface area contributed by atoms with Crippen LogP contribution >= 0.6 is 0 Å². The lowest BCUT2D eigenvalue weighted by molar-refractivity contribution is -0.233. The molecule has 7 atom stereocenters. The van der Waals surface area contributed by atoms with Gasteiger partial charge in [-0.25, -0.2) is 0 Å². The SMILES string of the molecule is CCC(C)[C@@H]1[C@@H](O)[C@H](O)[C@@H](O)[C@@H](O)[C@]1(C)CO. The Morgan fingerprint density at radius 2 is 1.59 bits per heavy atom. The van der Waals surface area contributed by atoms with Gasteiger partial charge in [-0.05, 0) is 5.92 Å². The first kappa shape index (κ1) is 14.9. The van der Waals surface area contributed by atoms with E-state index in [1.165, 1.54) is 0 Å². The maximum Gasteiger partial charge on any atom is 0.109 e. The molecule has 17 heavy (non-hydrogen) atoms. The molecule has 1 unspecified atom stereocenters. The van der Waals surface area contributed by atoms with Crippen LogP contribution in [-0.4, -0.2) is 56.6 Å². The van der Waals surface area contributed by atoms with Crippen molar-refractivity contribution >= 4 is 0 Å². The Bertz CT molecular complexity index is 259. The van der Waals surface area contributed by atoms with Crippen LogP contribution in [0.2, 0.25) is 0 Å². The zero-order valence-corrected chi connectivity index (χ0v) is 10.6. The highest BCUT2D eigenvalue weighted by Crippen LogP contribution is 2.45. The van der Waals surface area contributed by atoms with Crippen LogP contribution in [-0.2, 0) is 0 Å². The highest BCUT2D eigenvalue weighted by Gasteiger charge is 2.56. The number of hydrogen-bond acceptors (Lipinski definition) is 5. The van der Waals surface area contributed by atoms with E-state index in [4.69, 9.17) is 0 Å². The molecule has 0 aliphatic heterocycles. The predicted octanol–water partition coefficient (Wildman–Crippen LogP) is -0.896. The fourth-order valence-corrected chi connectivity index (χ4v) is 3.02. The third-order valence-corrected chi connectivity index (χ3v) is 4.43. The van der Waals surface area contributed by atoms with Gasteiger partial charge in [0.1, 0.15) is 12.2 Å². The van der Waals surface area contributed by atoms with Crippen molar-refractivity contribution in [2.24, 2.45) is 17.3 Å². The normalized spacial score (nSPS) is 49.1. The lowest BCUT2D eigenvalue weighted by Crippen LogP contribution is -2.65. The third-order valence-electron chi connectivity index (χ3n) is 4.43. The topological polar surface area (TPSA) is 101 Å². The Kier molecular flexibility index (Phi) is 4.54. The number of hydrogen-bond donors (Lipinski definition) is 5. The maximum absolute atomic E-state index is 10.1. The van der Waals surface area contributed by atoms with Gasteiger partial charge in [-0.3, -0.25) is 0 Å². The largest absolute Gasteiger partial charge is 0.396 e. The molecule has 0 bridgehead atoms. The fourth-order valence-electron chi connectivity index (χ4n) is 3.02. The van der Waals surface area contributed by atoms with Crippen molar-refractivity contribution in [1.29, 1.82) is 0 Å². The molecular formula is C12H24O5. The fraction of sp³-hybridized carbons (Fsp3) is 1.00. The molecule has 1 aliphatic carbocycles. The zero-order valence-electron chi connectivity index (χ0n) is 10.6. The van der Waals surface area contributed by atoms with Crippen molar-refractivity contribution in [2.75, 3.05) is 6.61 Å². The number of aliphatic hydroxyl groups is 5. The van der Waals surface area contributed by atoms with Gasteiger partial charge in [-0.15, -0.1) is 0 Å². The van der Waals surface area contributed by atoms with Gasteiger partial charge in [0.15, 0.2) is 0 Å². The molecular weight excluding hydrogens is 224 g/mol. The molecule has 0 spiro atoms. The van der Waals surface area contributed by atoms with E-state index in [1.807, 2.05) is 13.8 Å². The monoisotopic (exact) mass is 248 g/mol. The van der Waals surface area contributed by atoms with Gasteiger partial charge >= 0.3 is 0 Å². The second kappa shape index (κ2) is 5.20. The van der Waals surface area contributed by atoms with E-state index in [0.717, 1.165) is 6.42 Å². The van der Waals surface area contributed by atoms with E-state index in [-0.39, 0.29) is 12.5 Å². The van der Waals surface area contributed by atoms with E-state index >= 15 is 0 Å². The molecule has 0 aromatic carbocycles. The summed E-state index contributed by atoms with van der Waals surface area (Å²) < 4.78 is 0. The van der Waals surface area contributed by atoms with Crippen LogP contribution in [0.1, 0.15) is 27.2 Å². The molecule has 0 saturated heterocycles. The smallest absolute Gasteiger partial charge is 0.109 e. The maximum atomic E-state index is 10.1. The molecule has 0 aromatic heterocycles. The van der Waals surface area contributed by atoms with Gasteiger partial charge in [-0.1, -0.05) is 27.2 Å². The first-order valence-corrected chi connectivity index (χ1v) is 6.14. The minimum absolute atomic E-state index is 0.0268. The van der Waals surface area contributed by atoms with Crippen molar-refractivity contribution in [3.8, 4) is 0 Å². The Morgan fingerprint density at radius 1 is 1.06 bits per heavy atom. The van der Waals surface area contributed by atoms with E-state index in [2.05, 4.69) is 0 Å². The molecule has 5 N–H and O–H groups in total. The van der Waals surface area contributed by atoms with Crippen LogP contribution in [0.5, 0.6) is 0 Å². The summed E-state index contributed by atoms with van der Waals surface area (Å²) in [7, 11) is 0. The summed E-state index contributed by atoms with van der Waals surface area (Å²) >= 11 is 0. The lowest BCUT2D eigenvalue weighted by atomic mass is 9.58. The standard InChI is InChI=1S/C12H24O5/c1-4-6(2)7-8(14)9(15)10(16)11(17)12(7,3)5-13/h6-11,13-17H,4-5H2,1-3H3/t6?,7-,8-,9+,10-,11-,12-/m1/s1. The van der Waals surface area contributed by atoms with Gasteiger partial charge in [0.05, 0.1) is 18.8 Å². The Balaban J connectivity index is 3.12. The Labute approximate surface area is 102 Å². The molecule has 1 saturated carbocycles. The average molecular weight is 248 g/mol. The summed E-state index contributed by atoms with van der Waals surface area (Å²) in [4.78, 5) is 0. The van der Waals surface area contributed by atoms with Crippen LogP contribution in [0.4, 0.5) is 0 Å². The first-order valence-electron chi connectivity index (χ1n) is 6.14. The van der Waals surface area contributed by atoms with Crippen molar-refractivity contribution in [1.82, 2.24) is 0 Å². The van der Waals surface area contributed by atoms with E-state index in [9.17, 15) is 25.5 Å². The van der Waals surface area contributed by atoms with Gasteiger partial charge in [0.2, 0.25) is 0 Å². The van der Waals surface area contributed by atoms with Crippen molar-refractivity contribution in [3.63, 3.8) is 0 Å². The Morgan fingerprint density at radius 3 is 2.00 bits per heavy atom. The predicted molar refractivity (Wildman–Crippen MR) is 62.2 cm³/mol. The molecule has 0 amide bonds. The number of aliphatic hydroxyl groups excluding tert-OH is 5. The minimum Gasteiger partial charge on any atom is -0.396 e. The highest BCUT2D eigenvalue weighted by molar-refractivity contribution is 5.05. The lowest BCUT2D eigenvalue weighted by Gasteiger charge is -2.52. The second-order valence-corrected chi connectivity index (χ2v) is 5.49. The third kappa shape index (κ3) is 2.22. The molecule has 0 radical (unpaired) electrons. The molecule has 5 heteroatoms. The van der Waals surface area contributed by atoms with E-state index in [1.54, 1.807) is 6.92 Å². The van der Waals surface area contributed by atoms with Crippen molar-refractivity contribution in [3.05, 3.63) is 0 Å². The number of rotatable bonds is 3. The second-order valence-electron chi connectivity index (χ2n) is 5.49. The summed E-state index contributed by atoms with van der Waals surface area (Å²) in [6.07, 6.45) is -4.43. The van der Waals surface area contributed by atoms with Gasteiger partial charge in [-0.2, -0.15) is 0 Å². The summed E-state index contributed by atoms with van der Waals surface area (Å²) in [6.45, 7) is 5.13. The van der Waals surface area contributed by atoms with Crippen LogP contribution in [0.25, 0.3) is 0 Å². The summed E-state index contributed by atoms with van der Waals surface area (Å²) in [5.41, 5.74) is -1.01. The average Bonchev–Trinajstić information content (AvgIpc) is 2.33. The molecule has 1 fully saturated rings. The first-order chi connectivity index (χ1) is 7.81. The van der Waals surface area contributed by atoms with Gasteiger partial charge in [0, 0.05) is 11.3 Å². The van der Waals surface area contributed by atoms with Crippen LogP contribution in [0.3, 0.4) is 0 Å². The van der Waals surface area contributed by atoms with Crippen LogP contribution < -0.4 is 0 Å². The van der Waals surface area contributed by atoms with E-state index < -0.39 is 35.7 Å². The van der Waals surface area contributed by atoms with Crippen molar-refractivity contribution in [2.45, 2.75) is 51.6 Å². The quantitative estimate of drug-likeness (QED) is 0.446. The highest BCUT2D eigenvalue weighted by atomic mass is 16.4. The molecule has 1 aliphatic rings. The zero-order chi connectivity index (χ0) is 13.4.